The lowest BCUT2D eigenvalue weighted by Gasteiger charge is -2.57. The van der Waals surface area contributed by atoms with Gasteiger partial charge in [-0.3, -0.25) is 14.9 Å². The Morgan fingerprint density at radius 2 is 1.72 bits per heavy atom. The van der Waals surface area contributed by atoms with Gasteiger partial charge in [-0.25, -0.2) is 0 Å². The highest BCUT2D eigenvalue weighted by molar-refractivity contribution is 8.18. The minimum Gasteiger partial charge on any atom is -0.507 e. The number of amides is 2. The topological polar surface area (TPSA) is 66.4 Å². The van der Waals surface area contributed by atoms with Gasteiger partial charge in [0.05, 0.1) is 4.91 Å². The average molecular weight is 355 g/mol. The lowest BCUT2D eigenvalue weighted by molar-refractivity contribution is -0.115. The molecular formula is C20H21NO3S. The van der Waals surface area contributed by atoms with Crippen molar-refractivity contribution in [2.24, 2.45) is 17.8 Å². The van der Waals surface area contributed by atoms with Gasteiger partial charge in [-0.15, -0.1) is 0 Å². The van der Waals surface area contributed by atoms with Crippen molar-refractivity contribution in [3.05, 3.63) is 34.2 Å². The molecule has 1 saturated heterocycles. The molecule has 1 aliphatic heterocycles. The van der Waals surface area contributed by atoms with Crippen molar-refractivity contribution < 1.29 is 14.7 Å². The van der Waals surface area contributed by atoms with Crippen LogP contribution >= 0.6 is 11.8 Å². The minimum absolute atomic E-state index is 0.161. The summed E-state index contributed by atoms with van der Waals surface area (Å²) in [5.41, 5.74) is 2.18. The Balaban J connectivity index is 1.53. The molecular weight excluding hydrogens is 334 g/mol. The van der Waals surface area contributed by atoms with Crippen LogP contribution in [0.2, 0.25) is 0 Å². The number of carbonyl (C=O) groups is 2. The van der Waals surface area contributed by atoms with E-state index in [0.29, 0.717) is 10.5 Å². The maximum atomic E-state index is 11.8. The fraction of sp³-hybridized carbons (Fsp3) is 0.500. The first-order valence-electron chi connectivity index (χ1n) is 9.09. The van der Waals surface area contributed by atoms with E-state index in [1.165, 1.54) is 44.1 Å². The third-order valence-electron chi connectivity index (χ3n) is 6.61. The van der Waals surface area contributed by atoms with E-state index in [0.717, 1.165) is 29.5 Å². The number of aromatic hydroxyl groups is 1. The van der Waals surface area contributed by atoms with Crippen molar-refractivity contribution in [2.45, 2.75) is 43.9 Å². The number of nitrogens with one attached hydrogen (secondary N) is 1. The van der Waals surface area contributed by atoms with Crippen LogP contribution in [0.4, 0.5) is 4.79 Å². The van der Waals surface area contributed by atoms with Crippen molar-refractivity contribution in [1.29, 1.82) is 0 Å². The Kier molecular flexibility index (Phi) is 3.33. The lowest BCUT2D eigenvalue weighted by atomic mass is 9.48. The second-order valence-corrected chi connectivity index (χ2v) is 9.34. The van der Waals surface area contributed by atoms with Gasteiger partial charge in [0.2, 0.25) is 0 Å². The summed E-state index contributed by atoms with van der Waals surface area (Å²) in [5.74, 6) is 2.35. The molecule has 5 fully saturated rings. The first kappa shape index (κ1) is 15.5. The summed E-state index contributed by atoms with van der Waals surface area (Å²) in [6.45, 7) is 0. The molecule has 0 unspecified atom stereocenters. The van der Waals surface area contributed by atoms with Crippen LogP contribution in [0.3, 0.4) is 0 Å². The van der Waals surface area contributed by atoms with Crippen molar-refractivity contribution >= 4 is 29.0 Å². The number of thioether (sulfide) groups is 1. The zero-order valence-corrected chi connectivity index (χ0v) is 14.8. The molecule has 6 rings (SSSR count). The first-order valence-corrected chi connectivity index (χ1v) is 9.91. The van der Waals surface area contributed by atoms with Crippen molar-refractivity contribution in [3.63, 3.8) is 0 Å². The van der Waals surface area contributed by atoms with Gasteiger partial charge in [0.15, 0.2) is 0 Å². The molecule has 2 amide bonds. The maximum absolute atomic E-state index is 11.8. The number of phenolic OH excluding ortho intramolecular Hbond substituents is 1. The van der Waals surface area contributed by atoms with E-state index in [1.807, 2.05) is 6.07 Å². The normalized spacial score (nSPS) is 37.8. The summed E-state index contributed by atoms with van der Waals surface area (Å²) >= 11 is 0.893. The number of hydrogen-bond acceptors (Lipinski definition) is 4. The quantitative estimate of drug-likeness (QED) is 0.781. The van der Waals surface area contributed by atoms with Gasteiger partial charge in [-0.2, -0.15) is 0 Å². The SMILES string of the molecule is O=C1NC(=O)C(=Cc2cc(C34CC5CC(CC(C5)C3)C4)ccc2O)S1. The molecule has 5 heteroatoms. The number of rotatable bonds is 2. The monoisotopic (exact) mass is 355 g/mol. The van der Waals surface area contributed by atoms with E-state index in [-0.39, 0.29) is 22.3 Å². The molecule has 130 valence electrons. The van der Waals surface area contributed by atoms with Crippen LogP contribution < -0.4 is 5.32 Å². The van der Waals surface area contributed by atoms with Gasteiger partial charge in [-0.1, -0.05) is 6.07 Å². The molecule has 0 aromatic heterocycles. The van der Waals surface area contributed by atoms with Gasteiger partial charge in [0.1, 0.15) is 5.75 Å². The van der Waals surface area contributed by atoms with Crippen LogP contribution in [0.1, 0.15) is 49.7 Å². The molecule has 4 nitrogen and oxygen atoms in total. The van der Waals surface area contributed by atoms with Gasteiger partial charge >= 0.3 is 0 Å². The summed E-state index contributed by atoms with van der Waals surface area (Å²) in [5, 5.41) is 12.2. The number of benzene rings is 1. The van der Waals surface area contributed by atoms with E-state index in [4.69, 9.17) is 0 Å². The van der Waals surface area contributed by atoms with E-state index < -0.39 is 0 Å². The lowest BCUT2D eigenvalue weighted by Crippen LogP contribution is -2.48. The second kappa shape index (κ2) is 5.37. The fourth-order valence-electron chi connectivity index (χ4n) is 6.03. The van der Waals surface area contributed by atoms with Crippen LogP contribution in [-0.2, 0) is 10.2 Å². The molecule has 0 spiro atoms. The molecule has 1 aromatic carbocycles. The molecule has 2 N–H and O–H groups in total. The predicted octanol–water partition coefficient (Wildman–Crippen LogP) is 4.18. The Morgan fingerprint density at radius 3 is 2.28 bits per heavy atom. The summed E-state index contributed by atoms with van der Waals surface area (Å²) in [7, 11) is 0. The van der Waals surface area contributed by atoms with E-state index in [9.17, 15) is 14.7 Å². The third-order valence-corrected chi connectivity index (χ3v) is 7.42. The van der Waals surface area contributed by atoms with Crippen molar-refractivity contribution in [2.75, 3.05) is 0 Å². The Morgan fingerprint density at radius 1 is 1.08 bits per heavy atom. The highest BCUT2D eigenvalue weighted by Crippen LogP contribution is 2.60. The van der Waals surface area contributed by atoms with E-state index >= 15 is 0 Å². The van der Waals surface area contributed by atoms with Crippen molar-refractivity contribution in [3.8, 4) is 5.75 Å². The van der Waals surface area contributed by atoms with Gasteiger partial charge in [0, 0.05) is 5.56 Å². The van der Waals surface area contributed by atoms with Crippen LogP contribution in [0, 0.1) is 17.8 Å². The molecule has 4 saturated carbocycles. The van der Waals surface area contributed by atoms with Gasteiger partial charge < -0.3 is 5.11 Å². The first-order chi connectivity index (χ1) is 12.0. The minimum atomic E-state index is -0.380. The number of hydrogen-bond donors (Lipinski definition) is 2. The maximum Gasteiger partial charge on any atom is 0.290 e. The summed E-state index contributed by atoms with van der Waals surface area (Å²) < 4.78 is 0. The zero-order chi connectivity index (χ0) is 17.2. The third kappa shape index (κ3) is 2.51. The summed E-state index contributed by atoms with van der Waals surface area (Å²) in [6, 6.07) is 5.86. The van der Waals surface area contributed by atoms with E-state index in [2.05, 4.69) is 11.4 Å². The number of imide groups is 1. The van der Waals surface area contributed by atoms with Crippen molar-refractivity contribution in [1.82, 2.24) is 5.32 Å². The Hall–Kier alpha value is -1.75. The van der Waals surface area contributed by atoms with Gasteiger partial charge in [0.25, 0.3) is 11.1 Å². The molecule has 0 radical (unpaired) electrons. The predicted molar refractivity (Wildman–Crippen MR) is 97.1 cm³/mol. The number of carbonyl (C=O) groups excluding carboxylic acids is 2. The largest absolute Gasteiger partial charge is 0.507 e. The molecule has 5 aliphatic rings. The van der Waals surface area contributed by atoms with Crippen LogP contribution in [0.5, 0.6) is 5.75 Å². The average Bonchev–Trinajstić information content (AvgIpc) is 2.85. The van der Waals surface area contributed by atoms with Crippen LogP contribution in [0.15, 0.2) is 23.1 Å². The van der Waals surface area contributed by atoms with Crippen LogP contribution in [0.25, 0.3) is 6.08 Å². The molecule has 0 atom stereocenters. The summed E-state index contributed by atoms with van der Waals surface area (Å²) in [6.07, 6.45) is 9.60. The molecule has 25 heavy (non-hydrogen) atoms. The number of phenols is 1. The second-order valence-electron chi connectivity index (χ2n) is 8.32. The smallest absolute Gasteiger partial charge is 0.290 e. The molecule has 4 bridgehead atoms. The molecule has 4 aliphatic carbocycles. The standard InChI is InChI=1S/C20H21NO3S/c22-16-2-1-15(6-14(16)7-17-18(23)21-19(24)25-17)20-8-11-3-12(9-20)5-13(4-11)10-20/h1-2,6-7,11-13,22H,3-5,8-10H2,(H,21,23,24). The Labute approximate surface area is 151 Å². The molecule has 1 aromatic rings. The highest BCUT2D eigenvalue weighted by atomic mass is 32.2. The Bertz CT molecular complexity index is 778. The molecule has 1 heterocycles. The van der Waals surface area contributed by atoms with Gasteiger partial charge in [-0.05, 0) is 97.2 Å². The highest BCUT2D eigenvalue weighted by Gasteiger charge is 2.51. The zero-order valence-electron chi connectivity index (χ0n) is 14.0. The fourth-order valence-corrected chi connectivity index (χ4v) is 6.70. The van der Waals surface area contributed by atoms with E-state index in [1.54, 1.807) is 12.1 Å². The summed E-state index contributed by atoms with van der Waals surface area (Å²) in [4.78, 5) is 23.5. The van der Waals surface area contributed by atoms with Crippen LogP contribution in [-0.4, -0.2) is 16.3 Å².